The van der Waals surface area contributed by atoms with Crippen molar-refractivity contribution in [1.29, 1.82) is 0 Å². The Morgan fingerprint density at radius 3 is 2.87 bits per heavy atom. The molecule has 2 aromatic rings. The molecule has 1 atom stereocenters. The summed E-state index contributed by atoms with van der Waals surface area (Å²) in [6, 6.07) is 11.7. The van der Waals surface area contributed by atoms with Gasteiger partial charge in [0.2, 0.25) is 0 Å². The number of hydrogen-bond acceptors (Lipinski definition) is 5. The molecule has 2 heterocycles. The lowest BCUT2D eigenvalue weighted by molar-refractivity contribution is 0.115. The van der Waals surface area contributed by atoms with Crippen LogP contribution < -0.4 is 16.4 Å². The van der Waals surface area contributed by atoms with Crippen LogP contribution in [0.5, 0.6) is 0 Å². The number of hydrogen-bond donors (Lipinski definition) is 3. The van der Waals surface area contributed by atoms with E-state index in [1.807, 2.05) is 68.6 Å². The molecule has 1 aliphatic rings. The van der Waals surface area contributed by atoms with Gasteiger partial charge in [0, 0.05) is 40.3 Å². The lowest BCUT2D eigenvalue weighted by atomic mass is 10.1. The third kappa shape index (κ3) is 6.16. The van der Waals surface area contributed by atoms with Gasteiger partial charge in [-0.05, 0) is 53.1 Å². The molecule has 1 aliphatic heterocycles. The summed E-state index contributed by atoms with van der Waals surface area (Å²) in [5.74, 6) is 0.788. The molecule has 162 valence electrons. The Hall–Kier alpha value is -2.68. The van der Waals surface area contributed by atoms with Crippen molar-refractivity contribution in [3.63, 3.8) is 0 Å². The summed E-state index contributed by atoms with van der Waals surface area (Å²) in [6.07, 6.45) is 7.13. The molecule has 0 radical (unpaired) electrons. The van der Waals surface area contributed by atoms with Gasteiger partial charge in [0.15, 0.2) is 0 Å². The number of ether oxygens (including phenoxy) is 1. The summed E-state index contributed by atoms with van der Waals surface area (Å²) in [4.78, 5) is 17.9. The second kappa shape index (κ2) is 11.1. The molecule has 0 bridgehead atoms. The Morgan fingerprint density at radius 2 is 2.16 bits per heavy atom. The van der Waals surface area contributed by atoms with Crippen molar-refractivity contribution in [2.75, 3.05) is 11.9 Å². The molecule has 4 N–H and O–H groups in total. The van der Waals surface area contributed by atoms with Crippen molar-refractivity contribution >= 4 is 49.8 Å². The smallest absolute Gasteiger partial charge is 0.412 e. The van der Waals surface area contributed by atoms with Crippen molar-refractivity contribution in [2.24, 2.45) is 10.7 Å². The highest BCUT2D eigenvalue weighted by molar-refractivity contribution is 9.10. The number of thiophene rings is 1. The SMILES string of the molecule is C\C=C/N=C1/NC=C/C1=C(/C)c1sc(NC(=O)OC(CN)Cc2ccccc2)cc1Br. The molecule has 0 spiro atoms. The van der Waals surface area contributed by atoms with E-state index >= 15 is 0 Å². The van der Waals surface area contributed by atoms with Gasteiger partial charge in [0.1, 0.15) is 11.9 Å². The third-order valence-corrected chi connectivity index (χ3v) is 6.64. The number of amidine groups is 1. The average molecular weight is 501 g/mol. The minimum absolute atomic E-state index is 0.251. The fraction of sp³-hybridized carbons (Fsp3) is 0.217. The van der Waals surface area contributed by atoms with E-state index in [-0.39, 0.29) is 6.54 Å². The van der Waals surface area contributed by atoms with Crippen molar-refractivity contribution in [3.8, 4) is 0 Å². The Labute approximate surface area is 194 Å². The highest BCUT2D eigenvalue weighted by Gasteiger charge is 2.19. The highest BCUT2D eigenvalue weighted by atomic mass is 79.9. The van der Waals surface area contributed by atoms with E-state index in [2.05, 4.69) is 31.6 Å². The fourth-order valence-corrected chi connectivity index (χ4v) is 4.93. The molecule has 0 saturated heterocycles. The van der Waals surface area contributed by atoms with Gasteiger partial charge in [-0.25, -0.2) is 9.79 Å². The van der Waals surface area contributed by atoms with Crippen LogP contribution in [0, 0.1) is 0 Å². The van der Waals surface area contributed by atoms with Crippen molar-refractivity contribution in [1.82, 2.24) is 5.32 Å². The van der Waals surface area contributed by atoms with Gasteiger partial charge in [-0.2, -0.15) is 0 Å². The molecule has 1 unspecified atom stereocenters. The number of rotatable bonds is 7. The van der Waals surface area contributed by atoms with Gasteiger partial charge < -0.3 is 15.8 Å². The van der Waals surface area contributed by atoms with Gasteiger partial charge in [-0.1, -0.05) is 36.4 Å². The molecule has 31 heavy (non-hydrogen) atoms. The highest BCUT2D eigenvalue weighted by Crippen LogP contribution is 2.38. The molecular weight excluding hydrogens is 476 g/mol. The molecule has 0 fully saturated rings. The summed E-state index contributed by atoms with van der Waals surface area (Å²) in [6.45, 7) is 4.20. The number of halogens is 1. The molecule has 8 heteroatoms. The molecule has 6 nitrogen and oxygen atoms in total. The average Bonchev–Trinajstić information content (AvgIpc) is 3.38. The molecule has 3 rings (SSSR count). The lowest BCUT2D eigenvalue weighted by Gasteiger charge is -2.16. The predicted molar refractivity (Wildman–Crippen MR) is 132 cm³/mol. The maximum Gasteiger partial charge on any atom is 0.412 e. The zero-order valence-electron chi connectivity index (χ0n) is 17.4. The first-order valence-corrected chi connectivity index (χ1v) is 11.5. The van der Waals surface area contributed by atoms with E-state index in [1.165, 1.54) is 11.3 Å². The number of nitrogens with two attached hydrogens (primary N) is 1. The summed E-state index contributed by atoms with van der Waals surface area (Å²) in [5, 5.41) is 6.65. The number of aliphatic imine (C=N–C) groups is 1. The molecular formula is C23H25BrN4O2S. The van der Waals surface area contributed by atoms with Gasteiger partial charge in [-0.15, -0.1) is 11.3 Å². The van der Waals surface area contributed by atoms with Crippen LogP contribution in [0.2, 0.25) is 0 Å². The topological polar surface area (TPSA) is 88.7 Å². The predicted octanol–water partition coefficient (Wildman–Crippen LogP) is 5.45. The number of benzene rings is 1. The maximum absolute atomic E-state index is 12.4. The molecule has 1 aromatic carbocycles. The van der Waals surface area contributed by atoms with Gasteiger partial charge in [0.25, 0.3) is 0 Å². The maximum atomic E-state index is 12.4. The largest absolute Gasteiger partial charge is 0.444 e. The zero-order chi connectivity index (χ0) is 22.2. The number of anilines is 1. The second-order valence-electron chi connectivity index (χ2n) is 6.84. The van der Waals surface area contributed by atoms with Crippen LogP contribution in [-0.2, 0) is 11.2 Å². The fourth-order valence-electron chi connectivity index (χ4n) is 3.06. The van der Waals surface area contributed by atoms with Crippen molar-refractivity contribution < 1.29 is 9.53 Å². The molecule has 1 amide bonds. The number of nitrogens with one attached hydrogen (secondary N) is 2. The quantitative estimate of drug-likeness (QED) is 0.471. The minimum atomic E-state index is -0.519. The Balaban J connectivity index is 1.70. The Morgan fingerprint density at radius 1 is 1.39 bits per heavy atom. The summed E-state index contributed by atoms with van der Waals surface area (Å²) >= 11 is 5.07. The first kappa shape index (κ1) is 23.0. The van der Waals surface area contributed by atoms with Crippen molar-refractivity contribution in [2.45, 2.75) is 26.4 Å². The number of carbonyl (C=O) groups excluding carboxylic acids is 1. The number of amides is 1. The van der Waals surface area contributed by atoms with Crippen LogP contribution in [-0.4, -0.2) is 24.6 Å². The summed E-state index contributed by atoms with van der Waals surface area (Å²) in [7, 11) is 0. The minimum Gasteiger partial charge on any atom is -0.444 e. The van der Waals surface area contributed by atoms with Crippen LogP contribution in [0.3, 0.4) is 0 Å². The van der Waals surface area contributed by atoms with E-state index in [4.69, 9.17) is 10.5 Å². The number of nitrogens with zero attached hydrogens (tertiary/aromatic N) is 1. The molecule has 1 aromatic heterocycles. The van der Waals surface area contributed by atoms with E-state index in [0.29, 0.717) is 11.4 Å². The standard InChI is InChI=1S/C23H25BrN4O2S/c1-3-10-26-22-18(9-11-27-22)15(2)21-19(24)13-20(31-21)28-23(29)30-17(14-25)12-16-7-5-4-6-8-16/h3-11,13,17H,12,14,25H2,1-2H3,(H,26,27)(H,28,29)/b10-3-,18-15+. The lowest BCUT2D eigenvalue weighted by Crippen LogP contribution is -2.30. The van der Waals surface area contributed by atoms with E-state index in [0.717, 1.165) is 31.9 Å². The summed E-state index contributed by atoms with van der Waals surface area (Å²) < 4.78 is 6.43. The second-order valence-corrected chi connectivity index (χ2v) is 8.75. The normalized spacial score (nSPS) is 17.1. The van der Waals surface area contributed by atoms with E-state index in [1.54, 1.807) is 6.20 Å². The first-order valence-electron chi connectivity index (χ1n) is 9.86. The number of allylic oxidation sites excluding steroid dienone is 2. The number of carbonyl (C=O) groups is 1. The summed E-state index contributed by atoms with van der Waals surface area (Å²) in [5.41, 5.74) is 8.92. The van der Waals surface area contributed by atoms with Crippen molar-refractivity contribution in [3.05, 3.63) is 81.4 Å². The third-order valence-electron chi connectivity index (χ3n) is 4.58. The molecule has 0 saturated carbocycles. The van der Waals surface area contributed by atoms with E-state index < -0.39 is 12.2 Å². The zero-order valence-corrected chi connectivity index (χ0v) is 19.8. The van der Waals surface area contributed by atoms with Crippen LogP contribution in [0.4, 0.5) is 9.80 Å². The first-order chi connectivity index (χ1) is 15.0. The monoisotopic (exact) mass is 500 g/mol. The van der Waals surface area contributed by atoms with Crippen LogP contribution >= 0.6 is 27.3 Å². The van der Waals surface area contributed by atoms with Gasteiger partial charge in [0.05, 0.1) is 5.00 Å². The van der Waals surface area contributed by atoms with Crippen LogP contribution in [0.25, 0.3) is 5.57 Å². The Bertz CT molecular complexity index is 1040. The van der Waals surface area contributed by atoms with Crippen LogP contribution in [0.1, 0.15) is 24.3 Å². The van der Waals surface area contributed by atoms with Crippen LogP contribution in [0.15, 0.2) is 76.0 Å². The van der Waals surface area contributed by atoms with E-state index in [9.17, 15) is 4.79 Å². The Kier molecular flexibility index (Phi) is 8.22. The molecule has 0 aliphatic carbocycles. The van der Waals surface area contributed by atoms with Gasteiger partial charge in [-0.3, -0.25) is 5.32 Å². The van der Waals surface area contributed by atoms with Gasteiger partial charge >= 0.3 is 6.09 Å².